The number of fused-ring (bicyclic) bond motifs is 1. The number of benzene rings is 4. The summed E-state index contributed by atoms with van der Waals surface area (Å²) in [6.45, 7) is 6.30. The van der Waals surface area contributed by atoms with Crippen molar-refractivity contribution >= 4 is 22.7 Å². The summed E-state index contributed by atoms with van der Waals surface area (Å²) >= 11 is 0. The first-order valence-electron chi connectivity index (χ1n) is 18.9. The van der Waals surface area contributed by atoms with Gasteiger partial charge in [-0.1, -0.05) is 67.6 Å². The van der Waals surface area contributed by atoms with Crippen molar-refractivity contribution in [3.05, 3.63) is 141 Å². The van der Waals surface area contributed by atoms with Gasteiger partial charge in [0.1, 0.15) is 11.5 Å². The van der Waals surface area contributed by atoms with Crippen molar-refractivity contribution < 1.29 is 24.2 Å². The van der Waals surface area contributed by atoms with E-state index in [0.29, 0.717) is 62.5 Å². The average Bonchev–Trinajstić information content (AvgIpc) is 3.21. The summed E-state index contributed by atoms with van der Waals surface area (Å²) in [4.78, 5) is 44.9. The molecule has 2 amide bonds. The van der Waals surface area contributed by atoms with Crippen molar-refractivity contribution in [3.8, 4) is 11.5 Å². The van der Waals surface area contributed by atoms with E-state index in [1.807, 2.05) is 76.5 Å². The highest BCUT2D eigenvalue weighted by atomic mass is 16.5. The third-order valence-corrected chi connectivity index (χ3v) is 10.9. The number of phenols is 1. The van der Waals surface area contributed by atoms with Gasteiger partial charge in [0.15, 0.2) is 6.61 Å². The fourth-order valence-electron chi connectivity index (χ4n) is 7.61. The second kappa shape index (κ2) is 16.7. The SMILES string of the molecule is CC(c1ccccc1)c1cccc(OCC(=O)N2CCOC3(CCN(C(=O)c4ccc(CCNCCc5ccc(O)c6[nH]c(=O)ccc56)cc4)CC3)C2)c1. The summed E-state index contributed by atoms with van der Waals surface area (Å²) < 4.78 is 12.3. The van der Waals surface area contributed by atoms with E-state index in [-0.39, 0.29) is 35.6 Å². The maximum Gasteiger partial charge on any atom is 0.260 e. The van der Waals surface area contributed by atoms with Gasteiger partial charge in [0, 0.05) is 49.1 Å². The first kappa shape index (κ1) is 36.9. The van der Waals surface area contributed by atoms with Gasteiger partial charge in [0.2, 0.25) is 5.56 Å². The number of hydrogen-bond donors (Lipinski definition) is 3. The number of carbonyl (C=O) groups is 2. The highest BCUT2D eigenvalue weighted by molar-refractivity contribution is 5.94. The maximum atomic E-state index is 13.4. The van der Waals surface area contributed by atoms with Crippen LogP contribution in [0.15, 0.2) is 108 Å². The van der Waals surface area contributed by atoms with Crippen molar-refractivity contribution in [3.63, 3.8) is 0 Å². The van der Waals surface area contributed by atoms with Gasteiger partial charge in [-0.25, -0.2) is 0 Å². The van der Waals surface area contributed by atoms with Gasteiger partial charge in [-0.15, -0.1) is 0 Å². The fourth-order valence-corrected chi connectivity index (χ4v) is 7.61. The van der Waals surface area contributed by atoms with Crippen LogP contribution in [0.5, 0.6) is 11.5 Å². The Morgan fingerprint density at radius 2 is 1.63 bits per heavy atom. The van der Waals surface area contributed by atoms with Gasteiger partial charge in [-0.3, -0.25) is 14.4 Å². The molecule has 54 heavy (non-hydrogen) atoms. The fraction of sp³-hybridized carbons (Fsp3) is 0.341. The molecule has 4 aromatic carbocycles. The molecular formula is C44H48N4O6. The topological polar surface area (TPSA) is 124 Å². The minimum Gasteiger partial charge on any atom is -0.506 e. The van der Waals surface area contributed by atoms with Crippen LogP contribution >= 0.6 is 0 Å². The van der Waals surface area contributed by atoms with Crippen molar-refractivity contribution in [1.29, 1.82) is 0 Å². The molecule has 7 rings (SSSR count). The predicted octanol–water partition coefficient (Wildman–Crippen LogP) is 5.67. The lowest BCUT2D eigenvalue weighted by Gasteiger charge is -2.47. The highest BCUT2D eigenvalue weighted by Crippen LogP contribution is 2.32. The Balaban J connectivity index is 0.842. The van der Waals surface area contributed by atoms with Crippen LogP contribution in [-0.2, 0) is 22.4 Å². The Hall–Kier alpha value is -5.45. The summed E-state index contributed by atoms with van der Waals surface area (Å²) in [5.74, 6) is 0.914. The monoisotopic (exact) mass is 728 g/mol. The number of ether oxygens (including phenoxy) is 2. The summed E-state index contributed by atoms with van der Waals surface area (Å²) in [7, 11) is 0. The van der Waals surface area contributed by atoms with Gasteiger partial charge >= 0.3 is 0 Å². The molecule has 0 saturated carbocycles. The highest BCUT2D eigenvalue weighted by Gasteiger charge is 2.42. The predicted molar refractivity (Wildman–Crippen MR) is 209 cm³/mol. The molecule has 0 bridgehead atoms. The molecular weight excluding hydrogens is 681 g/mol. The number of likely N-dealkylation sites (tertiary alicyclic amines) is 1. The van der Waals surface area contributed by atoms with Gasteiger partial charge in [-0.2, -0.15) is 0 Å². The van der Waals surface area contributed by atoms with Gasteiger partial charge in [0.25, 0.3) is 11.8 Å². The van der Waals surface area contributed by atoms with Crippen molar-refractivity contribution in [2.75, 3.05) is 52.5 Å². The van der Waals surface area contributed by atoms with E-state index in [1.54, 1.807) is 12.1 Å². The van der Waals surface area contributed by atoms with Crippen LogP contribution in [0.3, 0.4) is 0 Å². The van der Waals surface area contributed by atoms with E-state index in [9.17, 15) is 19.5 Å². The first-order chi connectivity index (χ1) is 26.3. The van der Waals surface area contributed by atoms with Gasteiger partial charge in [-0.05, 0) is 97.4 Å². The number of rotatable bonds is 12. The third-order valence-electron chi connectivity index (χ3n) is 10.9. The second-order valence-electron chi connectivity index (χ2n) is 14.4. The van der Waals surface area contributed by atoms with Crippen LogP contribution in [0.2, 0.25) is 0 Å². The lowest BCUT2D eigenvalue weighted by atomic mass is 9.89. The minimum atomic E-state index is -0.457. The number of aromatic nitrogens is 1. The van der Waals surface area contributed by atoms with Crippen molar-refractivity contribution in [2.45, 2.75) is 44.1 Å². The number of nitrogens with zero attached hydrogens (tertiary/aromatic N) is 2. The largest absolute Gasteiger partial charge is 0.506 e. The molecule has 2 fully saturated rings. The number of aromatic amines is 1. The second-order valence-corrected chi connectivity index (χ2v) is 14.4. The number of pyridine rings is 1. The molecule has 280 valence electrons. The van der Waals surface area contributed by atoms with E-state index < -0.39 is 5.60 Å². The van der Waals surface area contributed by atoms with E-state index in [0.717, 1.165) is 48.0 Å². The molecule has 10 heteroatoms. The standard InChI is InChI=1S/C44H48N4O6/c1-31(33-6-3-2-4-7-33)36-8-5-9-37(28-36)53-29-41(51)48-26-27-54-44(30-48)20-24-47(25-21-44)43(52)35-12-10-32(11-13-35)18-22-45-23-19-34-14-16-39(49)42-38(34)15-17-40(50)46-42/h2-17,28,31,45,49H,18-27,29-30H2,1H3,(H,46,50). The summed E-state index contributed by atoms with van der Waals surface area (Å²) in [5.41, 5.74) is 4.99. The van der Waals surface area contributed by atoms with Crippen molar-refractivity contribution in [1.82, 2.24) is 20.1 Å². The Morgan fingerprint density at radius 3 is 2.43 bits per heavy atom. The normalized spacial score (nSPS) is 16.0. The Morgan fingerprint density at radius 1 is 0.870 bits per heavy atom. The van der Waals surface area contributed by atoms with Crippen LogP contribution in [0.25, 0.3) is 10.9 Å². The molecule has 0 aliphatic carbocycles. The molecule has 0 radical (unpaired) electrons. The number of amides is 2. The molecule has 10 nitrogen and oxygen atoms in total. The summed E-state index contributed by atoms with van der Waals surface area (Å²) in [6, 6.07) is 32.9. The quantitative estimate of drug-likeness (QED) is 0.142. The smallest absolute Gasteiger partial charge is 0.260 e. The zero-order valence-corrected chi connectivity index (χ0v) is 30.8. The van der Waals surface area contributed by atoms with Crippen molar-refractivity contribution in [2.24, 2.45) is 0 Å². The maximum absolute atomic E-state index is 13.4. The molecule has 2 aliphatic heterocycles. The molecule has 3 heterocycles. The van der Waals surface area contributed by atoms with Crippen LogP contribution in [0.4, 0.5) is 0 Å². The molecule has 1 spiro atoms. The lowest BCUT2D eigenvalue weighted by Crippen LogP contribution is -2.59. The molecule has 1 unspecified atom stereocenters. The number of H-pyrrole nitrogens is 1. The van der Waals surface area contributed by atoms with Crippen LogP contribution in [0, 0.1) is 0 Å². The number of morpholine rings is 1. The molecule has 3 N–H and O–H groups in total. The number of aromatic hydroxyl groups is 1. The van der Waals surface area contributed by atoms with E-state index in [1.165, 1.54) is 11.6 Å². The average molecular weight is 729 g/mol. The molecule has 2 saturated heterocycles. The Bertz CT molecular complexity index is 2130. The molecule has 1 atom stereocenters. The number of phenolic OH excluding ortho intramolecular Hbond substituents is 1. The van der Waals surface area contributed by atoms with Gasteiger partial charge in [0.05, 0.1) is 17.7 Å². The molecule has 5 aromatic rings. The minimum absolute atomic E-state index is 0.0120. The van der Waals surface area contributed by atoms with Crippen LogP contribution in [0.1, 0.15) is 58.3 Å². The number of nitrogens with one attached hydrogen (secondary N) is 2. The molecule has 1 aromatic heterocycles. The molecule has 2 aliphatic rings. The van der Waals surface area contributed by atoms with E-state index >= 15 is 0 Å². The first-order valence-corrected chi connectivity index (χ1v) is 18.9. The zero-order valence-electron chi connectivity index (χ0n) is 30.8. The zero-order chi connectivity index (χ0) is 37.5. The number of carbonyl (C=O) groups excluding carboxylic acids is 2. The number of piperidine rings is 1. The van der Waals surface area contributed by atoms with Gasteiger partial charge < -0.3 is 34.7 Å². The Kier molecular flexibility index (Phi) is 11.4. The number of hydrogen-bond acceptors (Lipinski definition) is 7. The summed E-state index contributed by atoms with van der Waals surface area (Å²) in [5, 5.41) is 14.4. The van der Waals surface area contributed by atoms with E-state index in [2.05, 4.69) is 35.4 Å². The summed E-state index contributed by atoms with van der Waals surface area (Å²) in [6.07, 6.45) is 2.92. The van der Waals surface area contributed by atoms with Crippen LogP contribution in [-0.4, -0.2) is 89.8 Å². The van der Waals surface area contributed by atoms with E-state index in [4.69, 9.17) is 9.47 Å². The Labute approximate surface area is 315 Å². The lowest BCUT2D eigenvalue weighted by molar-refractivity contribution is -0.159. The third kappa shape index (κ3) is 8.67. The van der Waals surface area contributed by atoms with Crippen LogP contribution < -0.4 is 15.6 Å².